The quantitative estimate of drug-likeness (QED) is 0.0321. The first-order chi connectivity index (χ1) is 55.3. The van der Waals surface area contributed by atoms with Gasteiger partial charge in [0.15, 0.2) is 18.3 Å². The summed E-state index contributed by atoms with van der Waals surface area (Å²) in [6.07, 6.45) is -16.8. The van der Waals surface area contributed by atoms with Gasteiger partial charge in [0.05, 0.1) is 75.0 Å². The molecule has 654 valence electrons. The Labute approximate surface area is 681 Å². The van der Waals surface area contributed by atoms with Crippen molar-refractivity contribution in [1.82, 2.24) is 57.2 Å². The predicted molar refractivity (Wildman–Crippen MR) is 419 cm³/mol. The number of rotatable bonds is 42. The van der Waals surface area contributed by atoms with Gasteiger partial charge >= 0.3 is 12.1 Å². The van der Waals surface area contributed by atoms with Gasteiger partial charge in [-0.1, -0.05) is 111 Å². The summed E-state index contributed by atoms with van der Waals surface area (Å²) in [5.41, 5.74) is 6.61. The van der Waals surface area contributed by atoms with Crippen LogP contribution < -0.4 is 53.6 Å². The zero-order chi connectivity index (χ0) is 87.0. The van der Waals surface area contributed by atoms with Gasteiger partial charge < -0.3 is 127 Å². The molecule has 0 bridgehead atoms. The van der Waals surface area contributed by atoms with Gasteiger partial charge in [0.1, 0.15) is 73.4 Å². The maximum Gasteiger partial charge on any atom is 0.410 e. The van der Waals surface area contributed by atoms with E-state index < -0.39 is 231 Å². The molecule has 17 N–H and O–H groups in total. The fraction of sp³-hybridized carbons (Fsp3) is 0.679. The summed E-state index contributed by atoms with van der Waals surface area (Å²) in [5.74, 6) is -9.38. The Hall–Kier alpha value is -9.29. The summed E-state index contributed by atoms with van der Waals surface area (Å²) in [4.78, 5) is 171. The fourth-order valence-corrected chi connectivity index (χ4v) is 14.6. The number of anilines is 1. The molecule has 4 heterocycles. The number of hydrogen-bond acceptors (Lipinski definition) is 26. The van der Waals surface area contributed by atoms with E-state index in [0.717, 1.165) is 4.90 Å². The number of nitrogens with zero attached hydrogens (tertiary/aromatic N) is 4. The Kier molecular flexibility index (Phi) is 37.6. The molecule has 2 aromatic carbocycles. The van der Waals surface area contributed by atoms with E-state index in [-0.39, 0.29) is 61.7 Å². The minimum Gasteiger partial charge on any atom is -0.450 e. The SMILES string of the molecule is CC[C@H](C)[C@@H]([C@@H](CC(=O)N1CCC[C@H]1[C@H](OC)[C@@H](C)C(=O)N[C@H](C)[C@@H](O)c1ccccc1)OC)N(C)C(=O)[C@@H](NC(=O)[C@H](C(C)C)N(C)C(=O)OCc1ccc(NC(=O)[C@H](CCCNC(N)=O)NC(=O)[C@@H](NC(=O)CNC(=O)CNC(=O)CNC(=O)C2O[C@@H](O[C@@H]3C(CO)O[C@@H]4OC(C)=NC4[C@H]3O)C(O)[C@@H](O)[C@H]2O)C(C)C)cc1)C(C)C. The van der Waals surface area contributed by atoms with Crippen LogP contribution in [0.1, 0.15) is 132 Å². The summed E-state index contributed by atoms with van der Waals surface area (Å²) in [5, 5.41) is 86.7. The predicted octanol–water partition coefficient (Wildman–Crippen LogP) is -1.97. The highest BCUT2D eigenvalue weighted by atomic mass is 16.7. The van der Waals surface area contributed by atoms with Crippen molar-refractivity contribution in [1.29, 1.82) is 0 Å². The lowest BCUT2D eigenvalue weighted by Crippen LogP contribution is -2.65. The van der Waals surface area contributed by atoms with E-state index in [1.807, 2.05) is 19.9 Å². The number of fused-ring (bicyclic) bond motifs is 1. The number of methoxy groups -OCH3 is 2. The average Bonchev–Trinajstić information content (AvgIpc) is 1.72. The van der Waals surface area contributed by atoms with E-state index in [0.29, 0.717) is 36.9 Å². The molecule has 4 aliphatic heterocycles. The van der Waals surface area contributed by atoms with Crippen LogP contribution in [0, 0.1) is 29.6 Å². The second-order valence-electron chi connectivity index (χ2n) is 31.0. The molecule has 22 atom stereocenters. The van der Waals surface area contributed by atoms with E-state index >= 15 is 0 Å². The van der Waals surface area contributed by atoms with E-state index in [9.17, 15) is 88.2 Å². The Balaban J connectivity index is 0.983. The van der Waals surface area contributed by atoms with Gasteiger partial charge in [-0.15, -0.1) is 0 Å². The van der Waals surface area contributed by atoms with Gasteiger partial charge in [0.25, 0.3) is 5.91 Å². The van der Waals surface area contributed by atoms with Crippen molar-refractivity contribution < 1.29 is 121 Å². The second-order valence-corrected chi connectivity index (χ2v) is 31.0. The lowest BCUT2D eigenvalue weighted by atomic mass is 9.89. The highest BCUT2D eigenvalue weighted by Crippen LogP contribution is 2.35. The maximum absolute atomic E-state index is 14.9. The zero-order valence-corrected chi connectivity index (χ0v) is 69.1. The van der Waals surface area contributed by atoms with Crippen LogP contribution in [0.4, 0.5) is 15.3 Å². The normalized spacial score (nSPS) is 23.8. The Bertz CT molecular complexity index is 3700. The van der Waals surface area contributed by atoms with Crippen LogP contribution in [0.5, 0.6) is 0 Å². The van der Waals surface area contributed by atoms with Gasteiger partial charge in [-0.2, -0.15) is 0 Å². The average molecular weight is 1660 g/mol. The Morgan fingerprint density at radius 2 is 1.32 bits per heavy atom. The summed E-state index contributed by atoms with van der Waals surface area (Å²) in [6, 6.07) is 6.72. The van der Waals surface area contributed by atoms with Crippen LogP contribution in [0.2, 0.25) is 0 Å². The van der Waals surface area contributed by atoms with Gasteiger partial charge in [-0.05, 0) is 79.5 Å². The number of carbonyl (C=O) groups is 12. The van der Waals surface area contributed by atoms with Gasteiger partial charge in [0.2, 0.25) is 59.5 Å². The molecular weight excluding hydrogens is 1530 g/mol. The van der Waals surface area contributed by atoms with Crippen molar-refractivity contribution >= 4 is 82.8 Å². The first-order valence-electron chi connectivity index (χ1n) is 39.5. The van der Waals surface area contributed by atoms with E-state index in [1.54, 1.807) is 104 Å². The molecule has 0 aliphatic carbocycles. The zero-order valence-electron chi connectivity index (χ0n) is 69.1. The molecule has 3 fully saturated rings. The van der Waals surface area contributed by atoms with Crippen molar-refractivity contribution in [3.63, 3.8) is 0 Å². The third-order valence-corrected chi connectivity index (χ3v) is 21.4. The van der Waals surface area contributed by atoms with E-state index in [2.05, 4.69) is 52.8 Å². The highest BCUT2D eigenvalue weighted by molar-refractivity contribution is 5.99. The molecule has 13 amide bonds. The highest BCUT2D eigenvalue weighted by Gasteiger charge is 2.54. The van der Waals surface area contributed by atoms with Crippen LogP contribution in [0.25, 0.3) is 0 Å². The summed E-state index contributed by atoms with van der Waals surface area (Å²) < 4.78 is 40.0. The summed E-state index contributed by atoms with van der Waals surface area (Å²) in [7, 11) is 5.98. The minimum atomic E-state index is -2.06. The summed E-state index contributed by atoms with van der Waals surface area (Å²) >= 11 is 0. The molecular formula is C78H122N14O25. The van der Waals surface area contributed by atoms with Crippen LogP contribution >= 0.6 is 0 Å². The Morgan fingerprint density at radius 1 is 0.692 bits per heavy atom. The van der Waals surface area contributed by atoms with Crippen molar-refractivity contribution in [2.75, 3.05) is 73.0 Å². The number of primary amides is 1. The van der Waals surface area contributed by atoms with Crippen LogP contribution in [0.15, 0.2) is 59.6 Å². The fourth-order valence-electron chi connectivity index (χ4n) is 14.6. The van der Waals surface area contributed by atoms with Crippen molar-refractivity contribution in [2.45, 2.75) is 243 Å². The van der Waals surface area contributed by atoms with Gasteiger partial charge in [-0.25, -0.2) is 14.6 Å². The number of likely N-dealkylation sites (N-methyl/N-ethyl adjacent to an activating group) is 2. The number of benzene rings is 2. The number of nitrogens with two attached hydrogens (primary N) is 1. The van der Waals surface area contributed by atoms with E-state index in [4.69, 9.17) is 38.9 Å². The number of aliphatic hydroxyl groups is 6. The van der Waals surface area contributed by atoms with Gasteiger partial charge in [0, 0.05) is 54.0 Å². The number of amides is 13. The van der Waals surface area contributed by atoms with Crippen LogP contribution in [0.3, 0.4) is 0 Å². The van der Waals surface area contributed by atoms with Crippen LogP contribution in [-0.4, -0.2) is 306 Å². The number of likely N-dealkylation sites (tertiary alicyclic amines) is 1. The number of aliphatic hydroxyl groups excluding tert-OH is 6. The lowest BCUT2D eigenvalue weighted by molar-refractivity contribution is -0.334. The van der Waals surface area contributed by atoms with Crippen molar-refractivity contribution in [2.24, 2.45) is 40.3 Å². The number of hydrogen-bond donors (Lipinski definition) is 16. The minimum absolute atomic E-state index is 0.0173. The van der Waals surface area contributed by atoms with Crippen LogP contribution in [-0.2, 0) is 87.7 Å². The summed E-state index contributed by atoms with van der Waals surface area (Å²) in [6.45, 7) is 16.3. The first kappa shape index (κ1) is 96.5. The first-order valence-corrected chi connectivity index (χ1v) is 39.5. The molecule has 3 saturated heterocycles. The number of aliphatic imine (C=N–C) groups is 1. The second kappa shape index (κ2) is 45.6. The molecule has 4 unspecified atom stereocenters. The Morgan fingerprint density at radius 3 is 1.91 bits per heavy atom. The molecule has 2 aromatic rings. The largest absolute Gasteiger partial charge is 0.450 e. The van der Waals surface area contributed by atoms with Crippen molar-refractivity contribution in [3.05, 3.63) is 65.7 Å². The standard InChI is InChI=1S/C78H122N14O25/c1-16-41(8)60(50(111-14)32-55(97)92-31-21-25-49(92)66(112-15)42(9)69(103)84-43(10)61(98)46-22-18-17-19-23-46)90(12)74(108)57(39(4)5)89-72(106)59(40(6)7)91(13)78(110)113-37-45-26-28-47(29-27-45)86-70(104)48(24-20-30-80-77(79)109)87-71(105)56(38(2)3)88-54(96)35-82-52(94)33-81-53(95)34-83-73(107)68-64(101)63(100)65(102)76(117-68)116-67-51(36-93)115-75-58(62(67)99)85-44(11)114-75/h17-19,22-23,26-29,38-43,48-51,56-68,75-76,93,98-102H,16,20-21,24-25,30-37H2,1-15H3,(H,81,95)(H,82,94)(H,83,107)(H,84,103)(H,86,104)(H,87,105)(H,88,96)(H,89,106)(H3,79,80,109)/t41-,42+,43+,48-,49-,50+,51?,56-,57-,58?,59-,60-,61+,62+,63-,64+,65?,66+,67+,68?,75-,76+/m0/s1. The molecule has 0 aromatic heterocycles. The molecule has 39 nitrogen and oxygen atoms in total. The third kappa shape index (κ3) is 26.6. The lowest BCUT2D eigenvalue weighted by Gasteiger charge is -2.44. The molecule has 0 spiro atoms. The van der Waals surface area contributed by atoms with Gasteiger partial charge in [-0.3, -0.25) is 52.8 Å². The molecule has 6 rings (SSSR count). The molecule has 0 radical (unpaired) electrons. The number of urea groups is 1. The van der Waals surface area contributed by atoms with Crippen molar-refractivity contribution in [3.8, 4) is 0 Å². The number of nitrogens with one attached hydrogen (secondary N) is 9. The topological polar surface area (TPSA) is 547 Å². The van der Waals surface area contributed by atoms with E-state index in [1.165, 1.54) is 45.2 Å². The molecule has 39 heteroatoms. The number of ether oxygens (including phenoxy) is 7. The maximum atomic E-state index is 14.9. The number of carbonyl (C=O) groups excluding carboxylic acids is 12. The molecule has 0 saturated carbocycles. The molecule has 4 aliphatic rings. The molecule has 117 heavy (non-hydrogen) atoms. The monoisotopic (exact) mass is 1650 g/mol. The smallest absolute Gasteiger partial charge is 0.410 e. The third-order valence-electron chi connectivity index (χ3n) is 21.4.